The topological polar surface area (TPSA) is 103 Å². The highest BCUT2D eigenvalue weighted by Crippen LogP contribution is 2.37. The fraction of sp³-hybridized carbons (Fsp3) is 0.450. The quantitative estimate of drug-likeness (QED) is 0.728. The van der Waals surface area contributed by atoms with Crippen LogP contribution in [-0.4, -0.2) is 25.6 Å². The van der Waals surface area contributed by atoms with Gasteiger partial charge in [-0.1, -0.05) is 30.1 Å². The summed E-state index contributed by atoms with van der Waals surface area (Å²) in [5.41, 5.74) is 0.952. The third kappa shape index (κ3) is 3.30. The fourth-order valence-corrected chi connectivity index (χ4v) is 3.92. The van der Waals surface area contributed by atoms with E-state index in [1.807, 2.05) is 19.1 Å². The first-order chi connectivity index (χ1) is 13.5. The van der Waals surface area contributed by atoms with E-state index in [4.69, 9.17) is 4.52 Å². The first-order valence-electron chi connectivity index (χ1n) is 9.55. The number of amides is 1. The molecule has 146 valence electrons. The normalized spacial score (nSPS) is 15.8. The molecule has 8 nitrogen and oxygen atoms in total. The van der Waals surface area contributed by atoms with Gasteiger partial charge in [0.15, 0.2) is 5.82 Å². The minimum absolute atomic E-state index is 0.133. The van der Waals surface area contributed by atoms with E-state index in [1.54, 1.807) is 13.0 Å². The van der Waals surface area contributed by atoms with Crippen molar-refractivity contribution in [2.75, 3.05) is 0 Å². The zero-order chi connectivity index (χ0) is 19.7. The molecule has 0 radical (unpaired) electrons. The zero-order valence-electron chi connectivity index (χ0n) is 16.1. The second kappa shape index (κ2) is 7.18. The highest BCUT2D eigenvalue weighted by Gasteiger charge is 2.41. The third-order valence-corrected chi connectivity index (χ3v) is 5.43. The Bertz CT molecular complexity index is 1080. The Morgan fingerprint density at radius 3 is 2.79 bits per heavy atom. The predicted octanol–water partition coefficient (Wildman–Crippen LogP) is 2.37. The van der Waals surface area contributed by atoms with Crippen molar-refractivity contribution >= 4 is 16.8 Å². The summed E-state index contributed by atoms with van der Waals surface area (Å²) in [6, 6.07) is 5.53. The predicted molar refractivity (Wildman–Crippen MR) is 103 cm³/mol. The van der Waals surface area contributed by atoms with Crippen LogP contribution in [0.5, 0.6) is 0 Å². The number of hydrogen-bond donors (Lipinski definition) is 1. The van der Waals surface area contributed by atoms with Crippen LogP contribution < -0.4 is 10.9 Å². The Kier molecular flexibility index (Phi) is 4.70. The number of nitrogens with zero attached hydrogens (tertiary/aromatic N) is 4. The van der Waals surface area contributed by atoms with Gasteiger partial charge in [-0.2, -0.15) is 4.98 Å². The SMILES string of the molecule is Cc1nc(C2(NC(=O)CCn3cnc4c(C)cccc4c3=O)CCCC2)no1. The minimum Gasteiger partial charge on any atom is -0.343 e. The lowest BCUT2D eigenvalue weighted by molar-refractivity contribution is -0.123. The molecule has 2 heterocycles. The van der Waals surface area contributed by atoms with E-state index in [0.29, 0.717) is 22.6 Å². The van der Waals surface area contributed by atoms with E-state index in [2.05, 4.69) is 20.4 Å². The van der Waals surface area contributed by atoms with Crippen LogP contribution in [-0.2, 0) is 16.9 Å². The standard InChI is InChI=1S/C20H23N5O3/c1-13-6-5-7-15-17(13)21-12-25(18(15)27)11-8-16(26)23-20(9-3-4-10-20)19-22-14(2)28-24-19/h5-7,12H,3-4,8-11H2,1-2H3,(H,23,26). The number of para-hydroxylation sites is 1. The van der Waals surface area contributed by atoms with Crippen LogP contribution in [0.3, 0.4) is 0 Å². The van der Waals surface area contributed by atoms with Gasteiger partial charge in [0.05, 0.1) is 17.2 Å². The summed E-state index contributed by atoms with van der Waals surface area (Å²) in [7, 11) is 0. The number of benzene rings is 1. The molecule has 0 atom stereocenters. The van der Waals surface area contributed by atoms with Gasteiger partial charge in [0.2, 0.25) is 11.8 Å². The van der Waals surface area contributed by atoms with Gasteiger partial charge in [-0.15, -0.1) is 0 Å². The lowest BCUT2D eigenvalue weighted by atomic mass is 9.96. The molecule has 28 heavy (non-hydrogen) atoms. The summed E-state index contributed by atoms with van der Waals surface area (Å²) in [5.74, 6) is 0.885. The lowest BCUT2D eigenvalue weighted by Crippen LogP contribution is -2.45. The molecule has 1 saturated carbocycles. The molecule has 1 N–H and O–H groups in total. The maximum Gasteiger partial charge on any atom is 0.261 e. The fourth-order valence-electron chi connectivity index (χ4n) is 3.92. The summed E-state index contributed by atoms with van der Waals surface area (Å²) in [4.78, 5) is 34.1. The van der Waals surface area contributed by atoms with Gasteiger partial charge in [0, 0.05) is 19.9 Å². The van der Waals surface area contributed by atoms with Gasteiger partial charge in [0.25, 0.3) is 5.56 Å². The molecule has 0 spiro atoms. The van der Waals surface area contributed by atoms with Gasteiger partial charge in [-0.05, 0) is 31.4 Å². The summed E-state index contributed by atoms with van der Waals surface area (Å²) in [5, 5.41) is 7.70. The minimum atomic E-state index is -0.571. The van der Waals surface area contributed by atoms with Gasteiger partial charge >= 0.3 is 0 Å². The number of aromatic nitrogens is 4. The Balaban J connectivity index is 1.49. The molecule has 0 saturated heterocycles. The monoisotopic (exact) mass is 381 g/mol. The Labute approximate surface area is 162 Å². The maximum atomic E-state index is 12.7. The molecule has 1 amide bonds. The molecule has 3 aromatic rings. The van der Waals surface area contributed by atoms with Crippen LogP contribution >= 0.6 is 0 Å². The van der Waals surface area contributed by atoms with Crippen molar-refractivity contribution in [1.82, 2.24) is 25.0 Å². The van der Waals surface area contributed by atoms with Crippen molar-refractivity contribution < 1.29 is 9.32 Å². The molecule has 0 bridgehead atoms. The van der Waals surface area contributed by atoms with E-state index in [-0.39, 0.29) is 24.4 Å². The lowest BCUT2D eigenvalue weighted by Gasteiger charge is -2.26. The van der Waals surface area contributed by atoms with Crippen molar-refractivity contribution in [3.63, 3.8) is 0 Å². The van der Waals surface area contributed by atoms with E-state index in [9.17, 15) is 9.59 Å². The van der Waals surface area contributed by atoms with Crippen molar-refractivity contribution in [2.45, 2.75) is 58.0 Å². The number of carbonyl (C=O) groups is 1. The van der Waals surface area contributed by atoms with Crippen molar-refractivity contribution in [1.29, 1.82) is 0 Å². The first-order valence-corrected chi connectivity index (χ1v) is 9.55. The number of nitrogens with one attached hydrogen (secondary N) is 1. The average molecular weight is 381 g/mol. The third-order valence-electron chi connectivity index (χ3n) is 5.43. The second-order valence-corrected chi connectivity index (χ2v) is 7.44. The first kappa shape index (κ1) is 18.3. The van der Waals surface area contributed by atoms with E-state index in [0.717, 1.165) is 31.2 Å². The largest absolute Gasteiger partial charge is 0.343 e. The smallest absolute Gasteiger partial charge is 0.261 e. The Morgan fingerprint density at radius 2 is 2.07 bits per heavy atom. The molecule has 1 aliphatic rings. The molecule has 1 fully saturated rings. The summed E-state index contributed by atoms with van der Waals surface area (Å²) >= 11 is 0. The van der Waals surface area contributed by atoms with Gasteiger partial charge in [0.1, 0.15) is 5.54 Å². The number of hydrogen-bond acceptors (Lipinski definition) is 6. The van der Waals surface area contributed by atoms with Crippen LogP contribution in [0.2, 0.25) is 0 Å². The van der Waals surface area contributed by atoms with Gasteiger partial charge in [-0.25, -0.2) is 4.98 Å². The summed E-state index contributed by atoms with van der Waals surface area (Å²) in [6.45, 7) is 3.93. The molecule has 1 aliphatic carbocycles. The number of aryl methyl sites for hydroxylation is 3. The molecular formula is C20H23N5O3. The Hall–Kier alpha value is -3.03. The van der Waals surface area contributed by atoms with E-state index in [1.165, 1.54) is 10.9 Å². The van der Waals surface area contributed by atoms with Gasteiger partial charge in [-0.3, -0.25) is 14.2 Å². The van der Waals surface area contributed by atoms with E-state index < -0.39 is 5.54 Å². The highest BCUT2D eigenvalue weighted by molar-refractivity contribution is 5.80. The summed E-state index contributed by atoms with van der Waals surface area (Å²) in [6.07, 6.45) is 5.27. The molecule has 8 heteroatoms. The van der Waals surface area contributed by atoms with Crippen LogP contribution in [0.15, 0.2) is 33.8 Å². The second-order valence-electron chi connectivity index (χ2n) is 7.44. The van der Waals surface area contributed by atoms with Crippen LogP contribution in [0, 0.1) is 13.8 Å². The zero-order valence-corrected chi connectivity index (χ0v) is 16.1. The molecule has 2 aromatic heterocycles. The average Bonchev–Trinajstić information content (AvgIpc) is 3.32. The van der Waals surface area contributed by atoms with Gasteiger partial charge < -0.3 is 9.84 Å². The van der Waals surface area contributed by atoms with Crippen molar-refractivity contribution in [2.24, 2.45) is 0 Å². The molecule has 0 unspecified atom stereocenters. The van der Waals surface area contributed by atoms with Crippen molar-refractivity contribution in [3.8, 4) is 0 Å². The van der Waals surface area contributed by atoms with E-state index >= 15 is 0 Å². The number of carbonyl (C=O) groups excluding carboxylic acids is 1. The van der Waals surface area contributed by atoms with Crippen LogP contribution in [0.1, 0.15) is 49.4 Å². The summed E-state index contributed by atoms with van der Waals surface area (Å²) < 4.78 is 6.60. The molecular weight excluding hydrogens is 358 g/mol. The maximum absolute atomic E-state index is 12.7. The molecule has 4 rings (SSSR count). The van der Waals surface area contributed by atoms with Crippen molar-refractivity contribution in [3.05, 3.63) is 52.2 Å². The molecule has 0 aliphatic heterocycles. The van der Waals surface area contributed by atoms with Crippen LogP contribution in [0.25, 0.3) is 10.9 Å². The number of fused-ring (bicyclic) bond motifs is 1. The molecule has 1 aromatic carbocycles. The number of rotatable bonds is 5. The highest BCUT2D eigenvalue weighted by atomic mass is 16.5. The Morgan fingerprint density at radius 1 is 1.29 bits per heavy atom. The van der Waals surface area contributed by atoms with Crippen LogP contribution in [0.4, 0.5) is 0 Å².